The molecule has 3 N–H and O–H groups in total. The summed E-state index contributed by atoms with van der Waals surface area (Å²) in [4.78, 5) is 16.4. The van der Waals surface area contributed by atoms with Gasteiger partial charge in [-0.2, -0.15) is 20.3 Å². The number of nitriles is 2. The Hall–Kier alpha value is -5.67. The molecule has 7 rings (SSSR count). The highest BCUT2D eigenvalue weighted by Gasteiger charge is 2.30. The largest absolute Gasteiger partial charge is 0.361 e. The number of allylic oxidation sites excluding steroid dienone is 4. The van der Waals surface area contributed by atoms with Crippen LogP contribution in [0.5, 0.6) is 0 Å². The normalized spacial score (nSPS) is 14.3. The number of nitrogens with zero attached hydrogens (tertiary/aromatic N) is 6. The first-order chi connectivity index (χ1) is 19.1. The summed E-state index contributed by atoms with van der Waals surface area (Å²) >= 11 is 0. The van der Waals surface area contributed by atoms with Gasteiger partial charge in [0.25, 0.3) is 0 Å². The van der Waals surface area contributed by atoms with Crippen molar-refractivity contribution in [1.82, 2.24) is 35.0 Å². The Balaban J connectivity index is 1.50. The first-order valence-corrected chi connectivity index (χ1v) is 12.5. The van der Waals surface area contributed by atoms with E-state index in [9.17, 15) is 10.5 Å². The molecule has 0 spiro atoms. The van der Waals surface area contributed by atoms with Crippen LogP contribution in [0.25, 0.3) is 50.4 Å². The maximum Gasteiger partial charge on any atom is 0.229 e. The molecule has 0 unspecified atom stereocenters. The van der Waals surface area contributed by atoms with Crippen LogP contribution in [0.4, 0.5) is 0 Å². The number of aromatic amines is 2. The summed E-state index contributed by atoms with van der Waals surface area (Å²) < 4.78 is 1.78. The lowest BCUT2D eigenvalue weighted by Crippen LogP contribution is -2.23. The molecule has 0 saturated carbocycles. The van der Waals surface area contributed by atoms with E-state index >= 15 is 0 Å². The zero-order valence-electron chi connectivity index (χ0n) is 21.1. The van der Waals surface area contributed by atoms with Crippen LogP contribution in [0.3, 0.4) is 0 Å². The quantitative estimate of drug-likeness (QED) is 0.280. The second-order valence-electron chi connectivity index (χ2n) is 9.58. The predicted molar refractivity (Wildman–Crippen MR) is 148 cm³/mol. The first-order valence-electron chi connectivity index (χ1n) is 12.5. The number of nitrogens with one attached hydrogen (secondary N) is 3. The number of hydrogen-bond acceptors (Lipinski definition) is 6. The highest BCUT2D eigenvalue weighted by molar-refractivity contribution is 5.95. The molecule has 3 aromatic carbocycles. The van der Waals surface area contributed by atoms with E-state index in [2.05, 4.69) is 27.4 Å². The number of H-pyrrole nitrogens is 2. The predicted octanol–water partition coefficient (Wildman–Crippen LogP) is 5.73. The van der Waals surface area contributed by atoms with Gasteiger partial charge in [-0.3, -0.25) is 0 Å². The van der Waals surface area contributed by atoms with Gasteiger partial charge in [0.05, 0.1) is 56.8 Å². The molecule has 0 saturated heterocycles. The Morgan fingerprint density at radius 3 is 2.08 bits per heavy atom. The monoisotopic (exact) mass is 507 g/mol. The van der Waals surface area contributed by atoms with Crippen LogP contribution in [-0.2, 0) is 0 Å². The number of imidazole rings is 2. The summed E-state index contributed by atoms with van der Waals surface area (Å²) in [6, 6.07) is 26.2. The number of aromatic nitrogens is 6. The van der Waals surface area contributed by atoms with Crippen molar-refractivity contribution in [2.45, 2.75) is 19.8 Å². The number of rotatable bonds is 3. The highest BCUT2D eigenvalue weighted by atomic mass is 15.4. The van der Waals surface area contributed by atoms with E-state index in [0.717, 1.165) is 49.9 Å². The van der Waals surface area contributed by atoms with Gasteiger partial charge in [0.15, 0.2) is 5.82 Å². The number of dihydropyridines is 1. The van der Waals surface area contributed by atoms with Crippen molar-refractivity contribution in [3.8, 4) is 29.6 Å². The van der Waals surface area contributed by atoms with E-state index in [1.165, 1.54) is 0 Å². The minimum absolute atomic E-state index is 0.483. The zero-order chi connectivity index (χ0) is 26.7. The van der Waals surface area contributed by atoms with Gasteiger partial charge < -0.3 is 15.3 Å². The molecule has 0 amide bonds. The van der Waals surface area contributed by atoms with Crippen molar-refractivity contribution < 1.29 is 0 Å². The van der Waals surface area contributed by atoms with Crippen molar-refractivity contribution in [1.29, 1.82) is 10.5 Å². The lowest BCUT2D eigenvalue weighted by molar-refractivity contribution is 0.814. The lowest BCUT2D eigenvalue weighted by Gasteiger charge is -2.26. The molecular formula is C30H21N9. The van der Waals surface area contributed by atoms with Gasteiger partial charge in [-0.05, 0) is 55.8 Å². The first kappa shape index (κ1) is 22.5. The topological polar surface area (TPSA) is 135 Å². The van der Waals surface area contributed by atoms with Crippen LogP contribution >= 0.6 is 0 Å². The van der Waals surface area contributed by atoms with Gasteiger partial charge in [0.2, 0.25) is 5.95 Å². The molecule has 9 heteroatoms. The van der Waals surface area contributed by atoms with E-state index in [4.69, 9.17) is 15.1 Å². The third-order valence-corrected chi connectivity index (χ3v) is 7.23. The molecule has 3 aromatic heterocycles. The molecule has 0 aliphatic carbocycles. The molecule has 4 heterocycles. The molecule has 0 fully saturated rings. The van der Waals surface area contributed by atoms with Crippen LogP contribution in [-0.4, -0.2) is 29.7 Å². The maximum atomic E-state index is 10.0. The van der Waals surface area contributed by atoms with Crippen LogP contribution in [0.2, 0.25) is 0 Å². The molecule has 39 heavy (non-hydrogen) atoms. The van der Waals surface area contributed by atoms with Crippen molar-refractivity contribution >= 4 is 33.0 Å². The number of hydrogen-bond donors (Lipinski definition) is 3. The summed E-state index contributed by atoms with van der Waals surface area (Å²) in [7, 11) is 0. The van der Waals surface area contributed by atoms with Gasteiger partial charge in [0.1, 0.15) is 5.69 Å². The van der Waals surface area contributed by atoms with Crippen LogP contribution in [0, 0.1) is 22.7 Å². The third kappa shape index (κ3) is 3.41. The second-order valence-corrected chi connectivity index (χ2v) is 9.58. The minimum Gasteiger partial charge on any atom is -0.361 e. The fourth-order valence-electron chi connectivity index (χ4n) is 5.38. The number of fused-ring (bicyclic) bond motifs is 3. The van der Waals surface area contributed by atoms with E-state index in [1.54, 1.807) is 4.68 Å². The molecule has 0 bridgehead atoms. The zero-order valence-corrected chi connectivity index (χ0v) is 21.1. The summed E-state index contributed by atoms with van der Waals surface area (Å²) in [6.45, 7) is 3.72. The maximum absolute atomic E-state index is 10.0. The van der Waals surface area contributed by atoms with Crippen LogP contribution < -0.4 is 5.32 Å². The Bertz CT molecular complexity index is 2000. The van der Waals surface area contributed by atoms with E-state index in [-0.39, 0.29) is 0 Å². The fraction of sp³-hybridized carbons (Fsp3) is 0.100. The molecule has 6 aromatic rings. The lowest BCUT2D eigenvalue weighted by atomic mass is 9.81. The van der Waals surface area contributed by atoms with Crippen molar-refractivity contribution in [3.05, 3.63) is 94.8 Å². The third-order valence-electron chi connectivity index (χ3n) is 7.23. The Morgan fingerprint density at radius 1 is 0.795 bits per heavy atom. The van der Waals surface area contributed by atoms with Gasteiger partial charge in [0, 0.05) is 16.8 Å². The molecule has 186 valence electrons. The molecule has 0 radical (unpaired) electrons. The summed E-state index contributed by atoms with van der Waals surface area (Å²) in [6.07, 6.45) is 0. The summed E-state index contributed by atoms with van der Waals surface area (Å²) in [5, 5.41) is 29.0. The fourth-order valence-corrected chi connectivity index (χ4v) is 5.38. The molecule has 1 aliphatic heterocycles. The Labute approximate surface area is 222 Å². The minimum atomic E-state index is -0.483. The van der Waals surface area contributed by atoms with Crippen LogP contribution in [0.1, 0.15) is 25.3 Å². The second kappa shape index (κ2) is 8.44. The van der Waals surface area contributed by atoms with Crippen molar-refractivity contribution in [2.75, 3.05) is 0 Å². The number of benzene rings is 3. The standard InChI is InChI=1S/C30H21N9/c1-16-20(14-31)27(21(15-32)17(2)33-16)18-11-12-26-19(13-18)28(29-34-22-7-3-4-8-23(22)35-29)38-39(26)30-36-24-9-5-6-10-25(24)37-30/h3-13,27,33H,1-2H3,(H,34,35)(H,36,37). The van der Waals surface area contributed by atoms with Gasteiger partial charge in [-0.25, -0.2) is 9.97 Å². The summed E-state index contributed by atoms with van der Waals surface area (Å²) in [5.74, 6) is 0.724. The number of para-hydroxylation sites is 4. The van der Waals surface area contributed by atoms with Crippen molar-refractivity contribution in [2.24, 2.45) is 0 Å². The van der Waals surface area contributed by atoms with Gasteiger partial charge in [-0.1, -0.05) is 30.3 Å². The molecule has 1 aliphatic rings. The van der Waals surface area contributed by atoms with Gasteiger partial charge in [-0.15, -0.1) is 0 Å². The Morgan fingerprint density at radius 2 is 1.44 bits per heavy atom. The average molecular weight is 508 g/mol. The SMILES string of the molecule is CC1=C(C#N)C(c2ccc3c(c2)c(-c2nc4ccccc4[nH]2)nn3-c2nc3ccccc3[nH]2)C(C#N)=C(C)N1. The van der Waals surface area contributed by atoms with E-state index < -0.39 is 5.92 Å². The van der Waals surface area contributed by atoms with E-state index in [1.807, 2.05) is 80.6 Å². The average Bonchev–Trinajstić information content (AvgIpc) is 3.66. The Kier molecular flexibility index (Phi) is 4.87. The van der Waals surface area contributed by atoms with Gasteiger partial charge >= 0.3 is 0 Å². The summed E-state index contributed by atoms with van der Waals surface area (Å²) in [5.41, 5.74) is 8.32. The molecule has 9 nitrogen and oxygen atoms in total. The highest BCUT2D eigenvalue weighted by Crippen LogP contribution is 2.40. The smallest absolute Gasteiger partial charge is 0.229 e. The van der Waals surface area contributed by atoms with Crippen LogP contribution in [0.15, 0.2) is 89.3 Å². The van der Waals surface area contributed by atoms with E-state index in [0.29, 0.717) is 28.6 Å². The molecule has 0 atom stereocenters. The molecular weight excluding hydrogens is 486 g/mol. The van der Waals surface area contributed by atoms with Crippen molar-refractivity contribution in [3.63, 3.8) is 0 Å².